The van der Waals surface area contributed by atoms with Crippen LogP contribution in [0.15, 0.2) is 48.0 Å². The molecule has 0 fully saturated rings. The molecule has 0 aliphatic carbocycles. The van der Waals surface area contributed by atoms with E-state index in [-0.39, 0.29) is 18.3 Å². The molecule has 32 heavy (non-hydrogen) atoms. The van der Waals surface area contributed by atoms with Gasteiger partial charge in [0.2, 0.25) is 0 Å². The number of nitrogens with one attached hydrogen (secondary N) is 2. The second-order valence-electron chi connectivity index (χ2n) is 7.34. The summed E-state index contributed by atoms with van der Waals surface area (Å²) in [5.74, 6) is 0.305. The van der Waals surface area contributed by atoms with Crippen LogP contribution >= 0.6 is 11.6 Å². The van der Waals surface area contributed by atoms with E-state index in [2.05, 4.69) is 10.6 Å². The molecular formula is C24H27ClN2O5. The first-order valence-electron chi connectivity index (χ1n) is 10.5. The van der Waals surface area contributed by atoms with Crippen LogP contribution in [-0.2, 0) is 9.53 Å². The quantitative estimate of drug-likeness (QED) is 0.552. The van der Waals surface area contributed by atoms with Gasteiger partial charge in [-0.2, -0.15) is 0 Å². The van der Waals surface area contributed by atoms with Gasteiger partial charge in [0.1, 0.15) is 0 Å². The van der Waals surface area contributed by atoms with Gasteiger partial charge in [-0.25, -0.2) is 9.59 Å². The van der Waals surface area contributed by atoms with Crippen LogP contribution in [0.1, 0.15) is 44.9 Å². The monoisotopic (exact) mass is 458 g/mol. The second kappa shape index (κ2) is 10.4. The normalized spacial score (nSPS) is 15.8. The van der Waals surface area contributed by atoms with E-state index in [9.17, 15) is 9.59 Å². The summed E-state index contributed by atoms with van der Waals surface area (Å²) in [6.45, 7) is 7.94. The zero-order valence-corrected chi connectivity index (χ0v) is 19.3. The lowest BCUT2D eigenvalue weighted by Crippen LogP contribution is -2.45. The molecule has 2 aromatic rings. The Morgan fingerprint density at radius 2 is 1.84 bits per heavy atom. The largest absolute Gasteiger partial charge is 0.490 e. The van der Waals surface area contributed by atoms with Gasteiger partial charge in [0.25, 0.3) is 0 Å². The minimum Gasteiger partial charge on any atom is -0.490 e. The molecule has 2 N–H and O–H groups in total. The summed E-state index contributed by atoms with van der Waals surface area (Å²) in [6.07, 6.45) is -0.115. The number of hydrogen-bond acceptors (Lipinski definition) is 5. The molecule has 1 atom stereocenters. The number of rotatable bonds is 8. The fourth-order valence-electron chi connectivity index (χ4n) is 3.44. The third-order valence-electron chi connectivity index (χ3n) is 4.65. The Labute approximate surface area is 192 Å². The molecule has 2 amide bonds. The summed E-state index contributed by atoms with van der Waals surface area (Å²) in [5.41, 5.74) is 1.91. The number of esters is 1. The number of carbonyl (C=O) groups is 2. The molecule has 0 saturated carbocycles. The molecule has 0 saturated heterocycles. The maximum absolute atomic E-state index is 13.0. The summed E-state index contributed by atoms with van der Waals surface area (Å²) in [4.78, 5) is 25.6. The Morgan fingerprint density at radius 1 is 1.12 bits per heavy atom. The SMILES string of the molecule is CCOC(=O)C1=C(c2ccccc2)NC(=O)NC1c1cc(Cl)c(OC(C)C)c(OCC)c1. The Morgan fingerprint density at radius 3 is 2.47 bits per heavy atom. The van der Waals surface area contributed by atoms with Crippen molar-refractivity contribution in [3.05, 3.63) is 64.2 Å². The Hall–Kier alpha value is -3.19. The number of benzene rings is 2. The lowest BCUT2D eigenvalue weighted by Gasteiger charge is -2.30. The van der Waals surface area contributed by atoms with Gasteiger partial charge in [-0.1, -0.05) is 41.9 Å². The van der Waals surface area contributed by atoms with Crippen LogP contribution in [0.5, 0.6) is 11.5 Å². The molecule has 8 heteroatoms. The van der Waals surface area contributed by atoms with Crippen LogP contribution in [0.4, 0.5) is 4.79 Å². The molecule has 7 nitrogen and oxygen atoms in total. The van der Waals surface area contributed by atoms with Crippen molar-refractivity contribution in [2.75, 3.05) is 13.2 Å². The average Bonchev–Trinajstić information content (AvgIpc) is 2.76. The fourth-order valence-corrected chi connectivity index (χ4v) is 3.71. The summed E-state index contributed by atoms with van der Waals surface area (Å²) < 4.78 is 16.9. The van der Waals surface area contributed by atoms with Crippen molar-refractivity contribution in [1.82, 2.24) is 10.6 Å². The lowest BCUT2D eigenvalue weighted by molar-refractivity contribution is -0.138. The maximum atomic E-state index is 13.0. The van der Waals surface area contributed by atoms with Gasteiger partial charge in [0, 0.05) is 0 Å². The molecule has 0 spiro atoms. The molecule has 3 rings (SSSR count). The van der Waals surface area contributed by atoms with Crippen molar-refractivity contribution >= 4 is 29.3 Å². The molecular weight excluding hydrogens is 432 g/mol. The third kappa shape index (κ3) is 5.16. The molecule has 170 valence electrons. The number of urea groups is 1. The molecule has 0 aromatic heterocycles. The second-order valence-corrected chi connectivity index (χ2v) is 7.74. The van der Waals surface area contributed by atoms with E-state index in [0.29, 0.717) is 40.0 Å². The first-order chi connectivity index (χ1) is 15.3. The van der Waals surface area contributed by atoms with Crippen molar-refractivity contribution in [2.45, 2.75) is 39.8 Å². The van der Waals surface area contributed by atoms with Gasteiger partial charge in [-0.15, -0.1) is 0 Å². The number of amides is 2. The average molecular weight is 459 g/mol. The van der Waals surface area contributed by atoms with Gasteiger partial charge in [-0.3, -0.25) is 0 Å². The molecule has 1 aliphatic rings. The highest BCUT2D eigenvalue weighted by molar-refractivity contribution is 6.32. The summed E-state index contributed by atoms with van der Waals surface area (Å²) >= 11 is 6.55. The summed E-state index contributed by atoms with van der Waals surface area (Å²) in [7, 11) is 0. The van der Waals surface area contributed by atoms with E-state index in [1.807, 2.05) is 51.1 Å². The molecule has 1 heterocycles. The maximum Gasteiger partial charge on any atom is 0.338 e. The predicted octanol–water partition coefficient (Wildman–Crippen LogP) is 4.85. The van der Waals surface area contributed by atoms with Crippen LogP contribution in [0.2, 0.25) is 5.02 Å². The van der Waals surface area contributed by atoms with E-state index >= 15 is 0 Å². The Bertz CT molecular complexity index is 1020. The number of carbonyl (C=O) groups excluding carboxylic acids is 2. The van der Waals surface area contributed by atoms with Crippen LogP contribution in [-0.4, -0.2) is 31.3 Å². The van der Waals surface area contributed by atoms with Crippen molar-refractivity contribution in [1.29, 1.82) is 0 Å². The minimum absolute atomic E-state index is 0.115. The zero-order valence-electron chi connectivity index (χ0n) is 18.5. The van der Waals surface area contributed by atoms with Crippen LogP contribution < -0.4 is 20.1 Å². The number of halogens is 1. The molecule has 0 radical (unpaired) electrons. The highest BCUT2D eigenvalue weighted by Crippen LogP contribution is 2.41. The number of ether oxygens (including phenoxy) is 3. The van der Waals surface area contributed by atoms with E-state index < -0.39 is 18.0 Å². The van der Waals surface area contributed by atoms with E-state index in [0.717, 1.165) is 0 Å². The van der Waals surface area contributed by atoms with E-state index in [1.165, 1.54) is 0 Å². The first kappa shape index (κ1) is 23.5. The topological polar surface area (TPSA) is 85.9 Å². The van der Waals surface area contributed by atoms with Crippen LogP contribution in [0, 0.1) is 0 Å². The van der Waals surface area contributed by atoms with Crippen molar-refractivity contribution < 1.29 is 23.8 Å². The van der Waals surface area contributed by atoms with Gasteiger partial charge in [-0.05, 0) is 51.0 Å². The van der Waals surface area contributed by atoms with Gasteiger partial charge < -0.3 is 24.8 Å². The van der Waals surface area contributed by atoms with Crippen molar-refractivity contribution in [2.24, 2.45) is 0 Å². The highest BCUT2D eigenvalue weighted by atomic mass is 35.5. The smallest absolute Gasteiger partial charge is 0.338 e. The van der Waals surface area contributed by atoms with Gasteiger partial charge in [0.15, 0.2) is 11.5 Å². The fraction of sp³-hybridized carbons (Fsp3) is 0.333. The molecule has 0 bridgehead atoms. The van der Waals surface area contributed by atoms with Crippen LogP contribution in [0.3, 0.4) is 0 Å². The van der Waals surface area contributed by atoms with E-state index in [4.69, 9.17) is 25.8 Å². The standard InChI is InChI=1S/C24H27ClN2O5/c1-5-30-18-13-16(12-17(25)22(18)32-14(3)4)21-19(23(28)31-6-2)20(26-24(29)27-21)15-10-8-7-9-11-15/h7-14,21H,5-6H2,1-4H3,(H2,26,27,29). The van der Waals surface area contributed by atoms with Crippen LogP contribution in [0.25, 0.3) is 5.70 Å². The number of hydrogen-bond donors (Lipinski definition) is 2. The van der Waals surface area contributed by atoms with Gasteiger partial charge >= 0.3 is 12.0 Å². The summed E-state index contributed by atoms with van der Waals surface area (Å²) in [5, 5.41) is 5.88. The summed E-state index contributed by atoms with van der Waals surface area (Å²) in [6, 6.07) is 11.3. The molecule has 1 unspecified atom stereocenters. The Kier molecular flexibility index (Phi) is 7.64. The van der Waals surface area contributed by atoms with E-state index in [1.54, 1.807) is 19.1 Å². The Balaban J connectivity index is 2.19. The van der Waals surface area contributed by atoms with Gasteiger partial charge in [0.05, 0.1) is 41.7 Å². The highest BCUT2D eigenvalue weighted by Gasteiger charge is 2.35. The minimum atomic E-state index is -0.803. The zero-order chi connectivity index (χ0) is 23.3. The molecule has 1 aliphatic heterocycles. The predicted molar refractivity (Wildman–Crippen MR) is 123 cm³/mol. The van der Waals surface area contributed by atoms with Crippen molar-refractivity contribution in [3.8, 4) is 11.5 Å². The van der Waals surface area contributed by atoms with Crippen molar-refractivity contribution in [3.63, 3.8) is 0 Å². The molecule has 2 aromatic carbocycles. The lowest BCUT2D eigenvalue weighted by atomic mass is 9.92. The third-order valence-corrected chi connectivity index (χ3v) is 4.93. The first-order valence-corrected chi connectivity index (χ1v) is 10.9.